The first-order valence-electron chi connectivity index (χ1n) is 23.9. The topological polar surface area (TPSA) is 276 Å². The third kappa shape index (κ3) is 10.7. The summed E-state index contributed by atoms with van der Waals surface area (Å²) in [5.41, 5.74) is 3.73. The molecule has 21 heteroatoms. The Bertz CT molecular complexity index is 2540. The van der Waals surface area contributed by atoms with Crippen molar-refractivity contribution in [3.05, 3.63) is 73.8 Å². The van der Waals surface area contributed by atoms with Gasteiger partial charge in [0.2, 0.25) is 11.7 Å². The highest BCUT2D eigenvalue weighted by atomic mass is 32.2. The van der Waals surface area contributed by atoms with Crippen molar-refractivity contribution in [2.75, 3.05) is 52.1 Å². The van der Waals surface area contributed by atoms with Crippen LogP contribution in [0.25, 0.3) is 5.76 Å². The van der Waals surface area contributed by atoms with Crippen molar-refractivity contribution >= 4 is 75.8 Å². The minimum Gasteiger partial charge on any atom is -0.508 e. The number of hydrogen-bond donors (Lipinski definition) is 6. The summed E-state index contributed by atoms with van der Waals surface area (Å²) in [6, 6.07) is 5.24. The van der Waals surface area contributed by atoms with E-state index in [9.17, 15) is 54.0 Å². The summed E-state index contributed by atoms with van der Waals surface area (Å²) in [6.07, 6.45) is 5.58. The number of unbranched alkanes of at least 4 members (excludes halogenated alkanes) is 7. The predicted molar refractivity (Wildman–Crippen MR) is 263 cm³/mol. The number of thiophene rings is 1. The molecule has 0 spiro atoms. The molecule has 1 saturated carbocycles. The molecule has 1 aromatic carbocycles. The minimum atomic E-state index is -2.73. The van der Waals surface area contributed by atoms with Crippen LogP contribution >= 0.6 is 23.1 Å². The van der Waals surface area contributed by atoms with Gasteiger partial charge in [0.1, 0.15) is 46.6 Å². The van der Waals surface area contributed by atoms with Crippen molar-refractivity contribution in [3.63, 3.8) is 0 Å². The third-order valence-electron chi connectivity index (χ3n) is 13.9. The van der Waals surface area contributed by atoms with E-state index in [1.54, 1.807) is 34.3 Å². The van der Waals surface area contributed by atoms with Gasteiger partial charge in [0.05, 0.1) is 24.6 Å². The number of likely N-dealkylation sites (N-methyl/N-ethyl adjacent to an activating group) is 1. The van der Waals surface area contributed by atoms with E-state index < -0.39 is 93.6 Å². The molecule has 3 heterocycles. The van der Waals surface area contributed by atoms with Crippen LogP contribution < -0.4 is 20.7 Å². The number of amides is 2. The second-order valence-corrected chi connectivity index (χ2v) is 21.2. The Morgan fingerprint density at radius 1 is 0.958 bits per heavy atom. The van der Waals surface area contributed by atoms with Gasteiger partial charge in [-0.2, -0.15) is 0 Å². The van der Waals surface area contributed by atoms with E-state index in [0.29, 0.717) is 35.4 Å². The van der Waals surface area contributed by atoms with Gasteiger partial charge in [-0.3, -0.25) is 33.7 Å². The fraction of sp³-hybridized carbons (Fsp3) is 0.540. The maximum absolute atomic E-state index is 14.4. The number of anilines is 1. The Morgan fingerprint density at radius 3 is 2.28 bits per heavy atom. The van der Waals surface area contributed by atoms with Crippen LogP contribution in [0, 0.1) is 11.8 Å². The average molecular weight is 1020 g/mol. The van der Waals surface area contributed by atoms with Gasteiger partial charge >= 0.3 is 17.9 Å². The lowest BCUT2D eigenvalue weighted by molar-refractivity contribution is -0.154. The number of hydrogen-bond acceptors (Lipinski definition) is 19. The molecule has 2 amide bonds. The van der Waals surface area contributed by atoms with Crippen LogP contribution in [0.15, 0.2) is 57.8 Å². The van der Waals surface area contributed by atoms with Crippen LogP contribution in [0.1, 0.15) is 87.1 Å². The number of benzene rings is 1. The highest BCUT2D eigenvalue weighted by Gasteiger charge is 2.64. The summed E-state index contributed by atoms with van der Waals surface area (Å²) in [6.45, 7) is 1.31. The molecule has 7 N–H and O–H groups in total. The molecule has 1 unspecified atom stereocenters. The average Bonchev–Trinajstić information content (AvgIpc) is 3.82. The van der Waals surface area contributed by atoms with Crippen molar-refractivity contribution in [3.8, 4) is 5.75 Å². The van der Waals surface area contributed by atoms with Crippen molar-refractivity contribution < 1.29 is 68.2 Å². The van der Waals surface area contributed by atoms with Crippen LogP contribution in [0.4, 0.5) is 5.69 Å². The van der Waals surface area contributed by atoms with E-state index in [4.69, 9.17) is 19.9 Å². The molecule has 7 rings (SSSR count). The number of nitrogens with one attached hydrogen (secondary N) is 1. The molecule has 3 aliphatic carbocycles. The molecular formula is C50H63N5O14S2. The zero-order valence-electron chi connectivity index (χ0n) is 40.6. The number of primary amides is 1. The Hall–Kier alpha value is -5.74. The SMILES string of the molecule is CC(=O)OCC1=C(C(=O)OCCCCCCCCCCC(=O)Oc2ccc(N(C)C)c3c2C(O)=C2C(=O)[C@]4(O)C(O)=C(C(N)=O)C(=O)[C@@H](N(C)C)[C@@H]4C[C@@H]2C3)N2C(O)[C@@H](NC(=O)Cc3cccs3)[C@H]2SC1. The maximum Gasteiger partial charge on any atom is 0.354 e. The summed E-state index contributed by atoms with van der Waals surface area (Å²) in [4.78, 5) is 96.9. The number of carbonyl (C=O) groups excluding carboxylic acids is 7. The Morgan fingerprint density at radius 2 is 1.65 bits per heavy atom. The molecule has 0 bridgehead atoms. The van der Waals surface area contributed by atoms with E-state index in [1.807, 2.05) is 22.4 Å². The number of ketones is 2. The Kier molecular flexibility index (Phi) is 16.7. The van der Waals surface area contributed by atoms with E-state index >= 15 is 0 Å². The second-order valence-electron chi connectivity index (χ2n) is 19.1. The maximum atomic E-state index is 14.4. The first-order chi connectivity index (χ1) is 33.8. The van der Waals surface area contributed by atoms with Gasteiger partial charge in [0.15, 0.2) is 17.6 Å². The number of fused-ring (bicyclic) bond motifs is 4. The van der Waals surface area contributed by atoms with E-state index in [0.717, 1.165) is 43.4 Å². The van der Waals surface area contributed by atoms with Crippen LogP contribution in [-0.2, 0) is 55.9 Å². The molecule has 0 radical (unpaired) electrons. The normalized spacial score (nSPS) is 24.6. The quantitative estimate of drug-likeness (QED) is 0.0451. The van der Waals surface area contributed by atoms with E-state index in [-0.39, 0.29) is 67.4 Å². The van der Waals surface area contributed by atoms with Crippen molar-refractivity contribution in [1.29, 1.82) is 0 Å². The predicted octanol–water partition coefficient (Wildman–Crippen LogP) is 3.60. The number of nitrogens with zero attached hydrogens (tertiary/aromatic N) is 3. The molecule has 7 atom stereocenters. The molecule has 19 nitrogen and oxygen atoms in total. The lowest BCUT2D eigenvalue weighted by Gasteiger charge is -2.55. The van der Waals surface area contributed by atoms with E-state index in [1.165, 1.54) is 45.9 Å². The molecule has 2 aliphatic heterocycles. The van der Waals surface area contributed by atoms with Gasteiger partial charge in [0, 0.05) is 60.8 Å². The van der Waals surface area contributed by atoms with Crippen LogP contribution in [0.2, 0.25) is 0 Å². The third-order valence-corrected chi connectivity index (χ3v) is 16.1. The van der Waals surface area contributed by atoms with E-state index in [2.05, 4.69) is 5.32 Å². The van der Waals surface area contributed by atoms with Crippen LogP contribution in [-0.4, -0.2) is 148 Å². The van der Waals surface area contributed by atoms with Crippen molar-refractivity contribution in [1.82, 2.24) is 15.1 Å². The molecular weight excluding hydrogens is 959 g/mol. The first kappa shape index (κ1) is 53.1. The highest BCUT2D eigenvalue weighted by molar-refractivity contribution is 8.00. The van der Waals surface area contributed by atoms with Crippen LogP contribution in [0.5, 0.6) is 5.75 Å². The summed E-state index contributed by atoms with van der Waals surface area (Å²) in [5.74, 6) is -8.23. The second kappa shape index (κ2) is 22.4. The number of aliphatic hydroxyl groups excluding tert-OH is 3. The largest absolute Gasteiger partial charge is 0.508 e. The minimum absolute atomic E-state index is 0.00768. The number of esters is 3. The number of rotatable bonds is 21. The fourth-order valence-electron chi connectivity index (χ4n) is 10.5. The fourth-order valence-corrected chi connectivity index (χ4v) is 12.6. The molecule has 2 fully saturated rings. The number of thioether (sulfide) groups is 1. The summed E-state index contributed by atoms with van der Waals surface area (Å²) >= 11 is 2.90. The molecule has 2 aromatic rings. The summed E-state index contributed by atoms with van der Waals surface area (Å²) in [5, 5.41) is 50.6. The smallest absolute Gasteiger partial charge is 0.354 e. The van der Waals surface area contributed by atoms with Gasteiger partial charge < -0.3 is 55.5 Å². The first-order valence-corrected chi connectivity index (χ1v) is 25.8. The number of nitrogens with two attached hydrogens (primary N) is 1. The Labute approximate surface area is 420 Å². The lowest BCUT2D eigenvalue weighted by Crippen LogP contribution is -2.73. The molecule has 384 valence electrons. The molecule has 1 aromatic heterocycles. The van der Waals surface area contributed by atoms with Crippen molar-refractivity contribution in [2.24, 2.45) is 17.6 Å². The standard InChI is InChI=1S/C50H63N5O14S2/c1-26(56)68-24-28-25-71-48-39(52-34(57)23-29-15-14-20-70-29)47(64)55(48)40(28)49(65)67-19-13-11-9-7-6-8-10-12-16-35(58)69-33-18-17-32(53(2)3)30-21-27-22-31-41(54(4)5)43(60)38(46(51)63)45(62)50(31,66)44(61)36(27)42(59)37(30)33/h14-15,17-18,20,27,31,39,41,47-48,59,62,64,66H,6-13,16,19,21-25H2,1-5H3,(H2,51,63)(H,52,57)/t27-,31-,39+,41-,47?,48+,50-/m0/s1. The van der Waals surface area contributed by atoms with Gasteiger partial charge in [0.25, 0.3) is 5.91 Å². The number of aliphatic hydroxyl groups is 4. The van der Waals surface area contributed by atoms with Gasteiger partial charge in [-0.1, -0.05) is 44.6 Å². The zero-order chi connectivity index (χ0) is 51.5. The highest BCUT2D eigenvalue weighted by Crippen LogP contribution is 2.54. The Balaban J connectivity index is 0.871. The van der Waals surface area contributed by atoms with Crippen LogP contribution in [0.3, 0.4) is 0 Å². The monoisotopic (exact) mass is 1020 g/mol. The number of Topliss-reactive ketones (excluding diaryl/α,β-unsaturated/α-hetero) is 2. The molecule has 1 saturated heterocycles. The zero-order valence-corrected chi connectivity index (χ0v) is 42.2. The van der Waals surface area contributed by atoms with Crippen molar-refractivity contribution in [2.45, 2.75) is 113 Å². The molecule has 71 heavy (non-hydrogen) atoms. The number of carbonyl (C=O) groups is 7. The lowest BCUT2D eigenvalue weighted by atomic mass is 9.57. The summed E-state index contributed by atoms with van der Waals surface area (Å²) in [7, 11) is 6.72. The number of ether oxygens (including phenoxy) is 3. The summed E-state index contributed by atoms with van der Waals surface area (Å²) < 4.78 is 16.7. The van der Waals surface area contributed by atoms with Gasteiger partial charge in [-0.25, -0.2) is 4.79 Å². The van der Waals surface area contributed by atoms with Gasteiger partial charge in [-0.15, -0.1) is 23.1 Å². The van der Waals surface area contributed by atoms with Gasteiger partial charge in [-0.05, 0) is 74.8 Å². The molecule has 5 aliphatic rings.